The van der Waals surface area contributed by atoms with Gasteiger partial charge in [-0.1, -0.05) is 12.1 Å². The highest BCUT2D eigenvalue weighted by Gasteiger charge is 1.99. The SMILES string of the molecule is Nc1cccc(Nc2ccc3ncccc3c2)n1. The second kappa shape index (κ2) is 4.33. The summed E-state index contributed by atoms with van der Waals surface area (Å²) in [5, 5.41) is 4.31. The van der Waals surface area contributed by atoms with Crippen LogP contribution in [-0.4, -0.2) is 9.97 Å². The second-order valence-corrected chi connectivity index (χ2v) is 3.98. The third-order valence-electron chi connectivity index (χ3n) is 2.65. The number of nitrogens with zero attached hydrogens (tertiary/aromatic N) is 2. The lowest BCUT2D eigenvalue weighted by molar-refractivity contribution is 1.32. The minimum Gasteiger partial charge on any atom is -0.384 e. The molecule has 1 aromatic carbocycles. The molecular formula is C14H12N4. The summed E-state index contributed by atoms with van der Waals surface area (Å²) in [6, 6.07) is 15.4. The molecule has 0 aliphatic heterocycles. The molecule has 2 aromatic heterocycles. The topological polar surface area (TPSA) is 63.8 Å². The Hall–Kier alpha value is -2.62. The molecule has 4 nitrogen and oxygen atoms in total. The van der Waals surface area contributed by atoms with Crippen molar-refractivity contribution < 1.29 is 0 Å². The largest absolute Gasteiger partial charge is 0.384 e. The zero-order valence-electron chi connectivity index (χ0n) is 9.67. The minimum absolute atomic E-state index is 0.502. The Morgan fingerprint density at radius 2 is 1.94 bits per heavy atom. The monoisotopic (exact) mass is 236 g/mol. The molecule has 0 aliphatic rings. The molecular weight excluding hydrogens is 224 g/mol. The quantitative estimate of drug-likeness (QED) is 0.718. The summed E-state index contributed by atoms with van der Waals surface area (Å²) >= 11 is 0. The number of rotatable bonds is 2. The Morgan fingerprint density at radius 3 is 2.83 bits per heavy atom. The molecule has 3 N–H and O–H groups in total. The lowest BCUT2D eigenvalue weighted by Crippen LogP contribution is -1.96. The maximum absolute atomic E-state index is 5.64. The molecule has 0 aliphatic carbocycles. The fourth-order valence-electron chi connectivity index (χ4n) is 1.82. The van der Waals surface area contributed by atoms with E-state index in [-0.39, 0.29) is 0 Å². The van der Waals surface area contributed by atoms with Crippen LogP contribution in [0.4, 0.5) is 17.3 Å². The van der Waals surface area contributed by atoms with Gasteiger partial charge in [-0.15, -0.1) is 0 Å². The van der Waals surface area contributed by atoms with E-state index >= 15 is 0 Å². The van der Waals surface area contributed by atoms with Crippen LogP contribution in [0.25, 0.3) is 10.9 Å². The van der Waals surface area contributed by atoms with Crippen molar-refractivity contribution in [2.45, 2.75) is 0 Å². The molecule has 18 heavy (non-hydrogen) atoms. The van der Waals surface area contributed by atoms with Crippen LogP contribution >= 0.6 is 0 Å². The predicted octanol–water partition coefficient (Wildman–Crippen LogP) is 2.96. The van der Waals surface area contributed by atoms with E-state index in [2.05, 4.69) is 15.3 Å². The summed E-state index contributed by atoms with van der Waals surface area (Å²) in [6.07, 6.45) is 1.79. The number of hydrogen-bond acceptors (Lipinski definition) is 4. The first-order valence-electron chi connectivity index (χ1n) is 5.66. The zero-order valence-corrected chi connectivity index (χ0v) is 9.67. The summed E-state index contributed by atoms with van der Waals surface area (Å²) in [5.74, 6) is 1.24. The van der Waals surface area contributed by atoms with Crippen molar-refractivity contribution >= 4 is 28.2 Å². The van der Waals surface area contributed by atoms with Gasteiger partial charge in [-0.05, 0) is 36.4 Å². The third kappa shape index (κ3) is 2.08. The van der Waals surface area contributed by atoms with Gasteiger partial charge in [0.1, 0.15) is 11.6 Å². The Kier molecular flexibility index (Phi) is 2.53. The van der Waals surface area contributed by atoms with Gasteiger partial charge in [-0.3, -0.25) is 4.98 Å². The average Bonchev–Trinajstić information content (AvgIpc) is 2.39. The summed E-state index contributed by atoms with van der Waals surface area (Å²) < 4.78 is 0. The van der Waals surface area contributed by atoms with Crippen LogP contribution in [0.1, 0.15) is 0 Å². The molecule has 0 spiro atoms. The number of fused-ring (bicyclic) bond motifs is 1. The van der Waals surface area contributed by atoms with E-state index in [1.165, 1.54) is 0 Å². The summed E-state index contributed by atoms with van der Waals surface area (Å²) in [6.45, 7) is 0. The molecule has 0 fully saturated rings. The van der Waals surface area contributed by atoms with E-state index in [1.54, 1.807) is 12.3 Å². The van der Waals surface area contributed by atoms with Gasteiger partial charge in [-0.25, -0.2) is 4.98 Å². The lowest BCUT2D eigenvalue weighted by atomic mass is 10.2. The van der Waals surface area contributed by atoms with Gasteiger partial charge in [0.25, 0.3) is 0 Å². The number of aromatic nitrogens is 2. The highest BCUT2D eigenvalue weighted by molar-refractivity contribution is 5.83. The Balaban J connectivity index is 1.95. The van der Waals surface area contributed by atoms with Gasteiger partial charge in [0.2, 0.25) is 0 Å². The summed E-state index contributed by atoms with van der Waals surface area (Å²) in [5.41, 5.74) is 7.58. The number of benzene rings is 1. The van der Waals surface area contributed by atoms with Gasteiger partial charge in [0.05, 0.1) is 5.52 Å². The van der Waals surface area contributed by atoms with E-state index in [0.717, 1.165) is 22.4 Å². The fourth-order valence-corrected chi connectivity index (χ4v) is 1.82. The normalized spacial score (nSPS) is 10.4. The summed E-state index contributed by atoms with van der Waals surface area (Å²) in [7, 11) is 0. The minimum atomic E-state index is 0.502. The number of hydrogen-bond donors (Lipinski definition) is 2. The van der Waals surface area contributed by atoms with Crippen molar-refractivity contribution in [3.8, 4) is 0 Å². The molecule has 0 saturated carbocycles. The van der Waals surface area contributed by atoms with Crippen molar-refractivity contribution in [3.63, 3.8) is 0 Å². The van der Waals surface area contributed by atoms with Gasteiger partial charge >= 0.3 is 0 Å². The van der Waals surface area contributed by atoms with Crippen LogP contribution in [0.5, 0.6) is 0 Å². The molecule has 0 unspecified atom stereocenters. The molecule has 2 heterocycles. The molecule has 0 bridgehead atoms. The summed E-state index contributed by atoms with van der Waals surface area (Å²) in [4.78, 5) is 8.48. The van der Waals surface area contributed by atoms with Gasteiger partial charge < -0.3 is 11.1 Å². The Morgan fingerprint density at radius 1 is 1.00 bits per heavy atom. The molecule has 88 valence electrons. The van der Waals surface area contributed by atoms with Crippen LogP contribution in [0.2, 0.25) is 0 Å². The van der Waals surface area contributed by atoms with E-state index in [0.29, 0.717) is 5.82 Å². The van der Waals surface area contributed by atoms with Crippen molar-refractivity contribution in [3.05, 3.63) is 54.7 Å². The number of nitrogen functional groups attached to an aromatic ring is 1. The smallest absolute Gasteiger partial charge is 0.132 e. The van der Waals surface area contributed by atoms with Crippen molar-refractivity contribution in [2.24, 2.45) is 0 Å². The van der Waals surface area contributed by atoms with Gasteiger partial charge in [0.15, 0.2) is 0 Å². The number of pyridine rings is 2. The van der Waals surface area contributed by atoms with Gasteiger partial charge in [-0.2, -0.15) is 0 Å². The highest BCUT2D eigenvalue weighted by Crippen LogP contribution is 2.20. The molecule has 4 heteroatoms. The van der Waals surface area contributed by atoms with Crippen molar-refractivity contribution in [2.75, 3.05) is 11.1 Å². The van der Waals surface area contributed by atoms with Crippen molar-refractivity contribution in [1.82, 2.24) is 9.97 Å². The van der Waals surface area contributed by atoms with Crippen LogP contribution in [0.15, 0.2) is 54.7 Å². The third-order valence-corrected chi connectivity index (χ3v) is 2.65. The molecule has 3 rings (SSSR count). The van der Waals surface area contributed by atoms with Crippen LogP contribution in [0.3, 0.4) is 0 Å². The second-order valence-electron chi connectivity index (χ2n) is 3.98. The maximum Gasteiger partial charge on any atom is 0.132 e. The standard InChI is InChI=1S/C14H12N4/c15-13-4-1-5-14(18-13)17-11-6-7-12-10(9-11)3-2-8-16-12/h1-9H,(H3,15,17,18). The molecule has 0 amide bonds. The molecule has 0 radical (unpaired) electrons. The number of anilines is 3. The molecule has 3 aromatic rings. The van der Waals surface area contributed by atoms with E-state index in [4.69, 9.17) is 5.73 Å². The average molecular weight is 236 g/mol. The Labute approximate surface area is 104 Å². The first-order chi connectivity index (χ1) is 8.81. The first kappa shape index (κ1) is 10.5. The molecule has 0 atom stereocenters. The fraction of sp³-hybridized carbons (Fsp3) is 0. The van der Waals surface area contributed by atoms with E-state index in [1.807, 2.05) is 42.5 Å². The number of nitrogens with one attached hydrogen (secondary N) is 1. The van der Waals surface area contributed by atoms with Crippen LogP contribution in [-0.2, 0) is 0 Å². The predicted molar refractivity (Wildman–Crippen MR) is 73.7 cm³/mol. The van der Waals surface area contributed by atoms with E-state index < -0.39 is 0 Å². The number of nitrogens with two attached hydrogens (primary N) is 1. The van der Waals surface area contributed by atoms with E-state index in [9.17, 15) is 0 Å². The van der Waals surface area contributed by atoms with Crippen LogP contribution in [0, 0.1) is 0 Å². The maximum atomic E-state index is 5.64. The van der Waals surface area contributed by atoms with Crippen molar-refractivity contribution in [1.29, 1.82) is 0 Å². The zero-order chi connectivity index (χ0) is 12.4. The first-order valence-corrected chi connectivity index (χ1v) is 5.66. The van der Waals surface area contributed by atoms with Gasteiger partial charge in [0, 0.05) is 17.3 Å². The lowest BCUT2D eigenvalue weighted by Gasteiger charge is -2.06. The highest BCUT2D eigenvalue weighted by atomic mass is 15.0. The van der Waals surface area contributed by atoms with Crippen LogP contribution < -0.4 is 11.1 Å². The molecule has 0 saturated heterocycles. The Bertz CT molecular complexity index is 694.